The highest BCUT2D eigenvalue weighted by Gasteiger charge is 2.45. The first-order valence-electron chi connectivity index (χ1n) is 6.63. The lowest BCUT2D eigenvalue weighted by Crippen LogP contribution is -2.40. The van der Waals surface area contributed by atoms with Gasteiger partial charge in [0.15, 0.2) is 4.90 Å². The van der Waals surface area contributed by atoms with Crippen LogP contribution in [0.2, 0.25) is 0 Å². The van der Waals surface area contributed by atoms with E-state index >= 15 is 0 Å². The van der Waals surface area contributed by atoms with E-state index in [2.05, 4.69) is 31.2 Å². The molecule has 0 atom stereocenters. The van der Waals surface area contributed by atoms with Gasteiger partial charge in [0.1, 0.15) is 10.5 Å². The molecule has 2 fully saturated rings. The molecule has 0 radical (unpaired) electrons. The van der Waals surface area contributed by atoms with Crippen LogP contribution in [0.4, 0.5) is 0 Å². The Labute approximate surface area is 102 Å². The predicted octanol–water partition coefficient (Wildman–Crippen LogP) is 4.08. The van der Waals surface area contributed by atoms with Gasteiger partial charge in [-0.25, -0.2) is 0 Å². The molecule has 2 saturated heterocycles. The minimum atomic E-state index is 0.588. The van der Waals surface area contributed by atoms with Gasteiger partial charge in [0.05, 0.1) is 0 Å². The molecule has 0 spiro atoms. The van der Waals surface area contributed by atoms with Crippen LogP contribution in [0.25, 0.3) is 0 Å². The van der Waals surface area contributed by atoms with E-state index in [0.717, 1.165) is 10.5 Å². The first-order chi connectivity index (χ1) is 7.84. The molecule has 2 aliphatic heterocycles. The highest BCUT2D eigenvalue weighted by molar-refractivity contribution is 7.98. The van der Waals surface area contributed by atoms with Crippen molar-refractivity contribution in [2.45, 2.75) is 60.8 Å². The SMILES string of the molecule is Cc1ccc([S+]2C3CCCC2CCC3)cc1. The highest BCUT2D eigenvalue weighted by Crippen LogP contribution is 2.41. The van der Waals surface area contributed by atoms with Crippen molar-refractivity contribution in [2.24, 2.45) is 0 Å². The molecule has 0 saturated carbocycles. The Morgan fingerprint density at radius 1 is 0.875 bits per heavy atom. The van der Waals surface area contributed by atoms with Crippen LogP contribution < -0.4 is 0 Å². The summed E-state index contributed by atoms with van der Waals surface area (Å²) in [5, 5.41) is 2.05. The van der Waals surface area contributed by atoms with Gasteiger partial charge in [0, 0.05) is 10.9 Å². The Morgan fingerprint density at radius 3 is 1.88 bits per heavy atom. The predicted molar refractivity (Wildman–Crippen MR) is 72.1 cm³/mol. The Balaban J connectivity index is 1.89. The number of benzene rings is 1. The molecule has 2 bridgehead atoms. The van der Waals surface area contributed by atoms with Crippen LogP contribution in [-0.2, 0) is 10.9 Å². The van der Waals surface area contributed by atoms with Crippen molar-refractivity contribution in [3.8, 4) is 0 Å². The Morgan fingerprint density at radius 2 is 1.38 bits per heavy atom. The van der Waals surface area contributed by atoms with Gasteiger partial charge in [-0.3, -0.25) is 0 Å². The summed E-state index contributed by atoms with van der Waals surface area (Å²) in [6, 6.07) is 9.39. The van der Waals surface area contributed by atoms with Gasteiger partial charge in [-0.2, -0.15) is 0 Å². The average molecular weight is 233 g/mol. The summed E-state index contributed by atoms with van der Waals surface area (Å²) in [5.74, 6) is 0. The molecule has 0 nitrogen and oxygen atoms in total. The Kier molecular flexibility index (Phi) is 2.97. The monoisotopic (exact) mass is 233 g/mol. The normalized spacial score (nSPS) is 33.7. The molecule has 0 N–H and O–H groups in total. The lowest BCUT2D eigenvalue weighted by Gasteiger charge is -2.34. The zero-order valence-electron chi connectivity index (χ0n) is 10.1. The smallest absolute Gasteiger partial charge is 0.0543 e. The molecule has 1 aromatic carbocycles. The summed E-state index contributed by atoms with van der Waals surface area (Å²) in [5.41, 5.74) is 1.40. The summed E-state index contributed by atoms with van der Waals surface area (Å²) >= 11 is 0. The number of rotatable bonds is 1. The van der Waals surface area contributed by atoms with E-state index in [9.17, 15) is 0 Å². The molecule has 1 aromatic rings. The van der Waals surface area contributed by atoms with E-state index in [1.54, 1.807) is 4.90 Å². The van der Waals surface area contributed by atoms with Gasteiger partial charge in [0.2, 0.25) is 0 Å². The van der Waals surface area contributed by atoms with Crippen molar-refractivity contribution in [1.82, 2.24) is 0 Å². The minimum absolute atomic E-state index is 0.588. The van der Waals surface area contributed by atoms with Crippen LogP contribution in [0.15, 0.2) is 29.2 Å². The molecule has 0 amide bonds. The van der Waals surface area contributed by atoms with Gasteiger partial charge in [-0.05, 0) is 57.6 Å². The first kappa shape index (κ1) is 10.7. The first-order valence-corrected chi connectivity index (χ1v) is 7.98. The minimum Gasteiger partial charge on any atom is -0.0543 e. The van der Waals surface area contributed by atoms with Gasteiger partial charge in [-0.1, -0.05) is 17.7 Å². The van der Waals surface area contributed by atoms with E-state index < -0.39 is 0 Å². The summed E-state index contributed by atoms with van der Waals surface area (Å²) < 4.78 is 0. The Hall–Kier alpha value is -0.430. The summed E-state index contributed by atoms with van der Waals surface area (Å²) in [4.78, 5) is 1.65. The van der Waals surface area contributed by atoms with E-state index in [0.29, 0.717) is 10.9 Å². The molecule has 2 heterocycles. The number of hydrogen-bond donors (Lipinski definition) is 0. The summed E-state index contributed by atoms with van der Waals surface area (Å²) in [6.45, 7) is 2.19. The third kappa shape index (κ3) is 1.90. The van der Waals surface area contributed by atoms with E-state index in [1.807, 2.05) is 0 Å². The van der Waals surface area contributed by atoms with Gasteiger partial charge in [0.25, 0.3) is 0 Å². The molecular weight excluding hydrogens is 212 g/mol. The maximum Gasteiger partial charge on any atom is 0.155 e. The lowest BCUT2D eigenvalue weighted by atomic mass is 9.99. The molecule has 0 unspecified atom stereocenters. The third-order valence-electron chi connectivity index (χ3n) is 4.12. The lowest BCUT2D eigenvalue weighted by molar-refractivity contribution is 0.481. The molecule has 86 valence electrons. The van der Waals surface area contributed by atoms with Crippen LogP contribution >= 0.6 is 0 Å². The molecule has 0 aliphatic carbocycles. The zero-order valence-corrected chi connectivity index (χ0v) is 10.9. The maximum absolute atomic E-state index is 2.40. The summed E-state index contributed by atoms with van der Waals surface area (Å²) in [7, 11) is 0.588. The van der Waals surface area contributed by atoms with Crippen LogP contribution in [0.1, 0.15) is 44.1 Å². The third-order valence-corrected chi connectivity index (χ3v) is 7.31. The number of hydrogen-bond acceptors (Lipinski definition) is 0. The number of fused-ring (bicyclic) bond motifs is 2. The van der Waals surface area contributed by atoms with E-state index in [-0.39, 0.29) is 0 Å². The second kappa shape index (κ2) is 4.44. The molecular formula is C15H21S+. The maximum atomic E-state index is 2.40. The van der Waals surface area contributed by atoms with Crippen molar-refractivity contribution >= 4 is 10.9 Å². The van der Waals surface area contributed by atoms with Crippen LogP contribution in [0.5, 0.6) is 0 Å². The van der Waals surface area contributed by atoms with Crippen molar-refractivity contribution in [1.29, 1.82) is 0 Å². The van der Waals surface area contributed by atoms with Crippen LogP contribution in [0, 0.1) is 6.92 Å². The largest absolute Gasteiger partial charge is 0.155 e. The quantitative estimate of drug-likeness (QED) is 0.641. The second-order valence-corrected chi connectivity index (χ2v) is 7.84. The van der Waals surface area contributed by atoms with E-state index in [4.69, 9.17) is 0 Å². The standard InChI is InChI=1S/C15H21S/c1-12-8-10-15(11-9-12)16-13-4-2-5-14(16)7-3-6-13/h8-11,13-14H,2-7H2,1H3/q+1. The van der Waals surface area contributed by atoms with Crippen molar-refractivity contribution in [3.63, 3.8) is 0 Å². The topological polar surface area (TPSA) is 0 Å². The van der Waals surface area contributed by atoms with Crippen molar-refractivity contribution < 1.29 is 0 Å². The fraction of sp³-hybridized carbons (Fsp3) is 0.600. The molecule has 16 heavy (non-hydrogen) atoms. The fourth-order valence-electron chi connectivity index (χ4n) is 3.30. The molecule has 3 rings (SSSR count). The van der Waals surface area contributed by atoms with Gasteiger partial charge >= 0.3 is 0 Å². The summed E-state index contributed by atoms with van der Waals surface area (Å²) in [6.07, 6.45) is 8.96. The Bertz CT molecular complexity index is 332. The van der Waals surface area contributed by atoms with Crippen molar-refractivity contribution in [3.05, 3.63) is 29.8 Å². The van der Waals surface area contributed by atoms with Gasteiger partial charge < -0.3 is 0 Å². The highest BCUT2D eigenvalue weighted by atomic mass is 32.2. The van der Waals surface area contributed by atoms with Crippen LogP contribution in [-0.4, -0.2) is 10.5 Å². The fourth-order valence-corrected chi connectivity index (χ4v) is 6.74. The zero-order chi connectivity index (χ0) is 11.0. The molecule has 1 heteroatoms. The van der Waals surface area contributed by atoms with E-state index in [1.165, 1.54) is 44.1 Å². The molecule has 2 aliphatic rings. The van der Waals surface area contributed by atoms with Crippen molar-refractivity contribution in [2.75, 3.05) is 0 Å². The average Bonchev–Trinajstić information content (AvgIpc) is 2.29. The number of aryl methyl sites for hydroxylation is 1. The van der Waals surface area contributed by atoms with Crippen LogP contribution in [0.3, 0.4) is 0 Å². The second-order valence-electron chi connectivity index (χ2n) is 5.29. The van der Waals surface area contributed by atoms with Gasteiger partial charge in [-0.15, -0.1) is 0 Å². The molecule has 0 aromatic heterocycles.